The van der Waals surface area contributed by atoms with Gasteiger partial charge < -0.3 is 4.74 Å². The van der Waals surface area contributed by atoms with Crippen molar-refractivity contribution in [3.8, 4) is 0 Å². The van der Waals surface area contributed by atoms with Gasteiger partial charge in [-0.1, -0.05) is 26.0 Å². The molecular formula is C20H30O2. The maximum Gasteiger partial charge on any atom is 0.306 e. The molecule has 4 rings (SSSR count). The van der Waals surface area contributed by atoms with Gasteiger partial charge in [0.2, 0.25) is 0 Å². The largest absolute Gasteiger partial charge is 0.463 e. The van der Waals surface area contributed by atoms with Crippen molar-refractivity contribution in [1.29, 1.82) is 0 Å². The zero-order valence-electron chi connectivity index (χ0n) is 14.3. The SMILES string of the molecule is CCC(C)OC(=O)CCC1(C)CC2CC1C1C3C=CC(C3)C21. The minimum atomic E-state index is 0.0164. The highest BCUT2D eigenvalue weighted by atomic mass is 16.5. The third-order valence-electron chi connectivity index (χ3n) is 7.58. The molecule has 4 aliphatic rings. The second-order valence-corrected chi connectivity index (χ2v) is 8.77. The topological polar surface area (TPSA) is 26.3 Å². The van der Waals surface area contributed by atoms with Crippen LogP contribution < -0.4 is 0 Å². The van der Waals surface area contributed by atoms with Gasteiger partial charge in [-0.3, -0.25) is 4.79 Å². The van der Waals surface area contributed by atoms with Crippen molar-refractivity contribution < 1.29 is 9.53 Å². The highest BCUT2D eigenvalue weighted by Gasteiger charge is 2.64. The molecular weight excluding hydrogens is 272 g/mol. The van der Waals surface area contributed by atoms with Crippen LogP contribution in [0.5, 0.6) is 0 Å². The summed E-state index contributed by atoms with van der Waals surface area (Å²) in [4.78, 5) is 12.0. The lowest BCUT2D eigenvalue weighted by Crippen LogP contribution is -2.37. The first kappa shape index (κ1) is 14.8. The van der Waals surface area contributed by atoms with Gasteiger partial charge in [0.25, 0.3) is 0 Å². The minimum absolute atomic E-state index is 0.0164. The van der Waals surface area contributed by atoms with Gasteiger partial charge in [-0.25, -0.2) is 0 Å². The zero-order valence-corrected chi connectivity index (χ0v) is 14.3. The molecule has 3 saturated carbocycles. The molecule has 0 heterocycles. The molecule has 0 aromatic rings. The van der Waals surface area contributed by atoms with Gasteiger partial charge in [-0.05, 0) is 80.0 Å². The highest BCUT2D eigenvalue weighted by molar-refractivity contribution is 5.69. The molecule has 2 nitrogen and oxygen atoms in total. The first-order chi connectivity index (χ1) is 10.5. The van der Waals surface area contributed by atoms with Crippen molar-refractivity contribution in [3.05, 3.63) is 12.2 Å². The minimum Gasteiger partial charge on any atom is -0.463 e. The predicted molar refractivity (Wildman–Crippen MR) is 87.1 cm³/mol. The van der Waals surface area contributed by atoms with E-state index in [2.05, 4.69) is 26.0 Å². The van der Waals surface area contributed by atoms with Crippen LogP contribution in [0.15, 0.2) is 12.2 Å². The molecule has 0 saturated heterocycles. The van der Waals surface area contributed by atoms with E-state index in [4.69, 9.17) is 4.74 Å². The molecule has 0 N–H and O–H groups in total. The Morgan fingerprint density at radius 1 is 1.27 bits per heavy atom. The number of fused-ring (bicyclic) bond motifs is 9. The summed E-state index contributed by atoms with van der Waals surface area (Å²) >= 11 is 0. The molecule has 0 amide bonds. The van der Waals surface area contributed by atoms with Crippen molar-refractivity contribution >= 4 is 5.97 Å². The van der Waals surface area contributed by atoms with Crippen LogP contribution in [0.2, 0.25) is 0 Å². The van der Waals surface area contributed by atoms with Gasteiger partial charge >= 0.3 is 5.97 Å². The first-order valence-electron chi connectivity index (χ1n) is 9.39. The van der Waals surface area contributed by atoms with Crippen molar-refractivity contribution in [1.82, 2.24) is 0 Å². The fourth-order valence-electron chi connectivity index (χ4n) is 6.53. The molecule has 4 bridgehead atoms. The summed E-state index contributed by atoms with van der Waals surface area (Å²) in [6.45, 7) is 6.52. The molecule has 0 aromatic carbocycles. The fourth-order valence-corrected chi connectivity index (χ4v) is 6.53. The molecule has 122 valence electrons. The average Bonchev–Trinajstić information content (AvgIpc) is 3.22. The Morgan fingerprint density at radius 3 is 2.73 bits per heavy atom. The number of ether oxygens (including phenoxy) is 1. The average molecular weight is 302 g/mol. The Morgan fingerprint density at radius 2 is 2.00 bits per heavy atom. The number of hydrogen-bond acceptors (Lipinski definition) is 2. The Bertz CT molecular complexity index is 496. The lowest BCUT2D eigenvalue weighted by atomic mass is 9.61. The summed E-state index contributed by atoms with van der Waals surface area (Å²) in [5.41, 5.74) is 0.388. The number of hydrogen-bond donors (Lipinski definition) is 0. The van der Waals surface area contributed by atoms with E-state index in [1.54, 1.807) is 0 Å². The van der Waals surface area contributed by atoms with E-state index in [-0.39, 0.29) is 12.1 Å². The normalized spacial score (nSPS) is 48.7. The van der Waals surface area contributed by atoms with Crippen LogP contribution in [0.3, 0.4) is 0 Å². The number of carbonyl (C=O) groups is 1. The lowest BCUT2D eigenvalue weighted by Gasteiger charge is -2.43. The molecule has 4 aliphatic carbocycles. The number of carbonyl (C=O) groups excluding carboxylic acids is 1. The third kappa shape index (κ3) is 2.09. The van der Waals surface area contributed by atoms with Crippen molar-refractivity contribution in [2.45, 2.75) is 65.4 Å². The highest BCUT2D eigenvalue weighted by Crippen LogP contribution is 2.71. The quantitative estimate of drug-likeness (QED) is 0.422. The van der Waals surface area contributed by atoms with E-state index in [0.717, 1.165) is 48.3 Å². The molecule has 3 fully saturated rings. The summed E-state index contributed by atoms with van der Waals surface area (Å²) in [6.07, 6.45) is 11.9. The molecule has 0 aromatic heterocycles. The number of rotatable bonds is 5. The van der Waals surface area contributed by atoms with Gasteiger partial charge in [0.15, 0.2) is 0 Å². The second-order valence-electron chi connectivity index (χ2n) is 8.77. The molecule has 8 unspecified atom stereocenters. The lowest BCUT2D eigenvalue weighted by molar-refractivity contribution is -0.149. The van der Waals surface area contributed by atoms with E-state index >= 15 is 0 Å². The number of esters is 1. The van der Waals surface area contributed by atoms with E-state index in [9.17, 15) is 4.79 Å². The van der Waals surface area contributed by atoms with Crippen LogP contribution in [0.25, 0.3) is 0 Å². The first-order valence-corrected chi connectivity index (χ1v) is 9.39. The summed E-state index contributed by atoms with van der Waals surface area (Å²) in [7, 11) is 0. The van der Waals surface area contributed by atoms with Crippen molar-refractivity contribution in [2.75, 3.05) is 0 Å². The van der Waals surface area contributed by atoms with Gasteiger partial charge in [0.05, 0.1) is 6.10 Å². The maximum absolute atomic E-state index is 12.0. The smallest absolute Gasteiger partial charge is 0.306 e. The zero-order chi connectivity index (χ0) is 15.5. The second kappa shape index (κ2) is 5.11. The molecule has 8 atom stereocenters. The molecule has 0 aliphatic heterocycles. The Balaban J connectivity index is 1.39. The van der Waals surface area contributed by atoms with E-state index in [1.807, 2.05) is 6.92 Å². The number of allylic oxidation sites excluding steroid dienone is 2. The van der Waals surface area contributed by atoms with Crippen LogP contribution in [0, 0.1) is 40.9 Å². The molecule has 22 heavy (non-hydrogen) atoms. The Kier molecular flexibility index (Phi) is 3.43. The maximum atomic E-state index is 12.0. The monoisotopic (exact) mass is 302 g/mol. The van der Waals surface area contributed by atoms with Gasteiger partial charge in [0, 0.05) is 6.42 Å². The van der Waals surface area contributed by atoms with Gasteiger partial charge in [-0.15, -0.1) is 0 Å². The molecule has 0 spiro atoms. The van der Waals surface area contributed by atoms with E-state index in [0.29, 0.717) is 11.8 Å². The van der Waals surface area contributed by atoms with Gasteiger partial charge in [-0.2, -0.15) is 0 Å². The fraction of sp³-hybridized carbons (Fsp3) is 0.850. The predicted octanol–water partition coefficient (Wildman–Crippen LogP) is 4.59. The van der Waals surface area contributed by atoms with Crippen LogP contribution in [-0.2, 0) is 9.53 Å². The molecule has 0 radical (unpaired) electrons. The Hall–Kier alpha value is -0.790. The molecule has 2 heteroatoms. The van der Waals surface area contributed by atoms with E-state index in [1.165, 1.54) is 19.3 Å². The standard InChI is InChI=1S/C20H30O2/c1-4-12(2)22-17(21)7-8-20(3)11-15-10-16(20)19-14-6-5-13(9-14)18(15)19/h5-6,12-16,18-19H,4,7-11H2,1-3H3. The summed E-state index contributed by atoms with van der Waals surface area (Å²) in [6, 6.07) is 0. The van der Waals surface area contributed by atoms with Gasteiger partial charge in [0.1, 0.15) is 0 Å². The van der Waals surface area contributed by atoms with Crippen molar-refractivity contribution in [2.24, 2.45) is 40.9 Å². The summed E-state index contributed by atoms with van der Waals surface area (Å²) in [5.74, 6) is 5.48. The Labute approximate surface area is 134 Å². The third-order valence-corrected chi connectivity index (χ3v) is 7.58. The summed E-state index contributed by atoms with van der Waals surface area (Å²) in [5, 5.41) is 0. The van der Waals surface area contributed by atoms with Crippen LogP contribution >= 0.6 is 0 Å². The van der Waals surface area contributed by atoms with Crippen LogP contribution in [-0.4, -0.2) is 12.1 Å². The summed E-state index contributed by atoms with van der Waals surface area (Å²) < 4.78 is 5.47. The van der Waals surface area contributed by atoms with Crippen LogP contribution in [0.1, 0.15) is 59.3 Å². The van der Waals surface area contributed by atoms with Crippen LogP contribution in [0.4, 0.5) is 0 Å². The van der Waals surface area contributed by atoms with Crippen molar-refractivity contribution in [3.63, 3.8) is 0 Å². The van der Waals surface area contributed by atoms with E-state index < -0.39 is 0 Å².